The lowest BCUT2D eigenvalue weighted by Gasteiger charge is -2.12. The first-order valence-corrected chi connectivity index (χ1v) is 4.99. The number of hydrogen-bond acceptors (Lipinski definition) is 5. The Bertz CT molecular complexity index is 219. The van der Waals surface area contributed by atoms with Gasteiger partial charge in [0.25, 0.3) is 0 Å². The van der Waals surface area contributed by atoms with Crippen LogP contribution in [-0.2, 0) is 18.4 Å². The highest BCUT2D eigenvalue weighted by Crippen LogP contribution is 2.42. The Labute approximate surface area is 75.1 Å². The second-order valence-electron chi connectivity index (χ2n) is 2.13. The monoisotopic (exact) mass is 213 g/mol. The van der Waals surface area contributed by atoms with E-state index in [9.17, 15) is 9.36 Å². The zero-order valence-electron chi connectivity index (χ0n) is 7.04. The molecule has 0 aromatic carbocycles. The smallest absolute Gasteiger partial charge is 0.472 e. The molecule has 0 bridgehead atoms. The number of aliphatic carboxylic acids is 1. The standard InChI is InChI=1S/C5H12NO6P/c1-2-11-13(9,10)12-3-4(6)5(7)8/h4H,2-3,6H2,1H3,(H,7,8)(H,9,10). The Hall–Kier alpha value is -0.460. The van der Waals surface area contributed by atoms with E-state index in [0.717, 1.165) is 0 Å². The van der Waals surface area contributed by atoms with Crippen molar-refractivity contribution in [3.05, 3.63) is 0 Å². The van der Waals surface area contributed by atoms with Crippen molar-refractivity contribution in [2.45, 2.75) is 13.0 Å². The zero-order chi connectivity index (χ0) is 10.5. The van der Waals surface area contributed by atoms with Gasteiger partial charge in [-0.25, -0.2) is 4.57 Å². The summed E-state index contributed by atoms with van der Waals surface area (Å²) in [4.78, 5) is 19.0. The summed E-state index contributed by atoms with van der Waals surface area (Å²) in [6.45, 7) is 0.933. The number of phosphoric ester groups is 1. The summed E-state index contributed by atoms with van der Waals surface area (Å²) in [5, 5.41) is 8.29. The largest absolute Gasteiger partial charge is 0.480 e. The maximum atomic E-state index is 10.8. The van der Waals surface area contributed by atoms with Crippen molar-refractivity contribution in [3.63, 3.8) is 0 Å². The fourth-order valence-electron chi connectivity index (χ4n) is 0.446. The molecule has 7 nitrogen and oxygen atoms in total. The van der Waals surface area contributed by atoms with Gasteiger partial charge < -0.3 is 15.7 Å². The number of carbonyl (C=O) groups is 1. The number of nitrogens with two attached hydrogens (primary N) is 1. The molecule has 0 aromatic rings. The maximum absolute atomic E-state index is 10.8. The summed E-state index contributed by atoms with van der Waals surface area (Å²) in [5.74, 6) is -1.31. The average molecular weight is 213 g/mol. The molecule has 0 spiro atoms. The number of rotatable bonds is 6. The summed E-state index contributed by atoms with van der Waals surface area (Å²) in [7, 11) is -4.13. The first-order chi connectivity index (χ1) is 5.89. The minimum Gasteiger partial charge on any atom is -0.480 e. The summed E-state index contributed by atoms with van der Waals surface area (Å²) in [6.07, 6.45) is 0. The van der Waals surface area contributed by atoms with Crippen LogP contribution in [0.15, 0.2) is 0 Å². The Morgan fingerprint density at radius 3 is 2.54 bits per heavy atom. The van der Waals surface area contributed by atoms with Crippen LogP contribution in [0, 0.1) is 0 Å². The minimum absolute atomic E-state index is 0.00388. The lowest BCUT2D eigenvalue weighted by atomic mass is 10.3. The molecule has 2 atom stereocenters. The molecular formula is C5H12NO6P. The van der Waals surface area contributed by atoms with Crippen LogP contribution in [-0.4, -0.2) is 35.2 Å². The molecule has 2 unspecified atom stereocenters. The molecule has 0 aliphatic rings. The van der Waals surface area contributed by atoms with E-state index in [0.29, 0.717) is 0 Å². The van der Waals surface area contributed by atoms with E-state index >= 15 is 0 Å². The quantitative estimate of drug-likeness (QED) is 0.511. The Balaban J connectivity index is 3.87. The van der Waals surface area contributed by atoms with Gasteiger partial charge in [-0.2, -0.15) is 0 Å². The molecule has 0 fully saturated rings. The van der Waals surface area contributed by atoms with Gasteiger partial charge in [0, 0.05) is 0 Å². The number of phosphoric acid groups is 1. The van der Waals surface area contributed by atoms with Crippen LogP contribution in [0.3, 0.4) is 0 Å². The van der Waals surface area contributed by atoms with Crippen molar-refractivity contribution in [1.82, 2.24) is 0 Å². The lowest BCUT2D eigenvalue weighted by molar-refractivity contribution is -0.139. The summed E-state index contributed by atoms with van der Waals surface area (Å²) >= 11 is 0. The van der Waals surface area contributed by atoms with Gasteiger partial charge in [-0.15, -0.1) is 0 Å². The summed E-state index contributed by atoms with van der Waals surface area (Å²) in [5.41, 5.74) is 5.01. The Morgan fingerprint density at radius 2 is 2.15 bits per heavy atom. The van der Waals surface area contributed by atoms with Crippen LogP contribution in [0.4, 0.5) is 0 Å². The second-order valence-corrected chi connectivity index (χ2v) is 3.58. The van der Waals surface area contributed by atoms with E-state index in [-0.39, 0.29) is 6.61 Å². The molecule has 13 heavy (non-hydrogen) atoms. The van der Waals surface area contributed by atoms with Gasteiger partial charge in [0.05, 0.1) is 13.2 Å². The molecule has 0 saturated carbocycles. The lowest BCUT2D eigenvalue weighted by Crippen LogP contribution is -2.34. The number of hydrogen-bond donors (Lipinski definition) is 3. The maximum Gasteiger partial charge on any atom is 0.472 e. The minimum atomic E-state index is -4.13. The Morgan fingerprint density at radius 1 is 1.62 bits per heavy atom. The molecule has 78 valence electrons. The molecule has 0 aliphatic carbocycles. The van der Waals surface area contributed by atoms with Gasteiger partial charge in [-0.3, -0.25) is 13.8 Å². The first-order valence-electron chi connectivity index (χ1n) is 3.49. The van der Waals surface area contributed by atoms with Gasteiger partial charge in [0.1, 0.15) is 6.04 Å². The van der Waals surface area contributed by atoms with Crippen molar-refractivity contribution in [2.24, 2.45) is 5.73 Å². The van der Waals surface area contributed by atoms with Crippen LogP contribution < -0.4 is 5.73 Å². The van der Waals surface area contributed by atoms with E-state index in [1.165, 1.54) is 6.92 Å². The third-order valence-electron chi connectivity index (χ3n) is 1.03. The predicted molar refractivity (Wildman–Crippen MR) is 43.0 cm³/mol. The van der Waals surface area contributed by atoms with Crippen molar-refractivity contribution in [1.29, 1.82) is 0 Å². The van der Waals surface area contributed by atoms with Crippen molar-refractivity contribution >= 4 is 13.8 Å². The van der Waals surface area contributed by atoms with Crippen LogP contribution in [0.5, 0.6) is 0 Å². The van der Waals surface area contributed by atoms with Crippen LogP contribution in [0.2, 0.25) is 0 Å². The fraction of sp³-hybridized carbons (Fsp3) is 0.800. The molecule has 0 amide bonds. The third kappa shape index (κ3) is 5.73. The summed E-state index contributed by atoms with van der Waals surface area (Å²) in [6, 6.07) is -1.33. The molecule has 0 heterocycles. The average Bonchev–Trinajstić information content (AvgIpc) is 2.00. The molecule has 0 aliphatic heterocycles. The first kappa shape index (κ1) is 12.5. The SMILES string of the molecule is CCOP(=O)(O)OCC(N)C(=O)O. The molecule has 0 rings (SSSR count). The van der Waals surface area contributed by atoms with Crippen molar-refractivity contribution < 1.29 is 28.4 Å². The molecular weight excluding hydrogens is 201 g/mol. The molecule has 8 heteroatoms. The molecule has 0 saturated heterocycles. The van der Waals surface area contributed by atoms with Crippen molar-refractivity contribution in [2.75, 3.05) is 13.2 Å². The van der Waals surface area contributed by atoms with E-state index in [4.69, 9.17) is 15.7 Å². The molecule has 0 aromatic heterocycles. The van der Waals surface area contributed by atoms with E-state index in [2.05, 4.69) is 9.05 Å². The number of carboxylic acids is 1. The van der Waals surface area contributed by atoms with Crippen LogP contribution >= 0.6 is 7.82 Å². The second kappa shape index (κ2) is 5.31. The van der Waals surface area contributed by atoms with Gasteiger partial charge >= 0.3 is 13.8 Å². The van der Waals surface area contributed by atoms with Gasteiger partial charge in [-0.1, -0.05) is 0 Å². The van der Waals surface area contributed by atoms with Gasteiger partial charge in [0.15, 0.2) is 0 Å². The zero-order valence-corrected chi connectivity index (χ0v) is 7.94. The molecule has 0 radical (unpaired) electrons. The molecule has 4 N–H and O–H groups in total. The summed E-state index contributed by atoms with van der Waals surface area (Å²) < 4.78 is 19.4. The number of carboxylic acid groups (broad SMARTS) is 1. The predicted octanol–water partition coefficient (Wildman–Crippen LogP) is -0.448. The third-order valence-corrected chi connectivity index (χ3v) is 2.09. The van der Waals surface area contributed by atoms with Crippen molar-refractivity contribution in [3.8, 4) is 0 Å². The normalized spacial score (nSPS) is 17.8. The highest BCUT2D eigenvalue weighted by atomic mass is 31.2. The van der Waals surface area contributed by atoms with Gasteiger partial charge in [-0.05, 0) is 6.92 Å². The Kier molecular flexibility index (Phi) is 5.12. The fourth-order valence-corrected chi connectivity index (χ4v) is 1.20. The highest BCUT2D eigenvalue weighted by Gasteiger charge is 2.23. The topological polar surface area (TPSA) is 119 Å². The van der Waals surface area contributed by atoms with E-state index < -0.39 is 26.4 Å². The van der Waals surface area contributed by atoms with Crippen LogP contribution in [0.1, 0.15) is 6.92 Å². The van der Waals surface area contributed by atoms with E-state index in [1.54, 1.807) is 0 Å². The van der Waals surface area contributed by atoms with E-state index in [1.807, 2.05) is 0 Å². The highest BCUT2D eigenvalue weighted by molar-refractivity contribution is 7.47. The van der Waals surface area contributed by atoms with Crippen LogP contribution in [0.25, 0.3) is 0 Å². The van der Waals surface area contributed by atoms with Gasteiger partial charge in [0.2, 0.25) is 0 Å².